The number of methoxy groups -OCH3 is 1. The molecule has 0 atom stereocenters. The molecule has 0 unspecified atom stereocenters. The predicted molar refractivity (Wildman–Crippen MR) is 87.0 cm³/mol. The monoisotopic (exact) mass is 285 g/mol. The quantitative estimate of drug-likeness (QED) is 0.901. The van der Waals surface area contributed by atoms with Crippen molar-refractivity contribution in [1.82, 2.24) is 9.97 Å². The van der Waals surface area contributed by atoms with Crippen LogP contribution >= 0.6 is 0 Å². The Kier molecular flexibility index (Phi) is 4.78. The van der Waals surface area contributed by atoms with Crippen molar-refractivity contribution < 1.29 is 4.74 Å². The third-order valence-electron chi connectivity index (χ3n) is 3.25. The standard InChI is InChI=1S/C17H23N3O/c1-6-18-16-10-14(19-17(20-16)11(2)3)13-9-12(4)7-8-15(13)21-5/h7-11H,6H2,1-5H3,(H,18,19,20). The number of ether oxygens (including phenoxy) is 1. The van der Waals surface area contributed by atoms with Crippen LogP contribution in [-0.2, 0) is 0 Å². The lowest BCUT2D eigenvalue weighted by molar-refractivity contribution is 0.416. The number of hydrogen-bond donors (Lipinski definition) is 1. The van der Waals surface area contributed by atoms with Gasteiger partial charge in [0, 0.05) is 24.1 Å². The van der Waals surface area contributed by atoms with E-state index in [2.05, 4.69) is 44.1 Å². The molecule has 2 aromatic rings. The van der Waals surface area contributed by atoms with E-state index in [4.69, 9.17) is 9.72 Å². The molecule has 1 heterocycles. The lowest BCUT2D eigenvalue weighted by atomic mass is 10.1. The second kappa shape index (κ2) is 6.57. The first-order valence-electron chi connectivity index (χ1n) is 7.33. The third-order valence-corrected chi connectivity index (χ3v) is 3.25. The van der Waals surface area contributed by atoms with E-state index in [-0.39, 0.29) is 5.92 Å². The zero-order valence-electron chi connectivity index (χ0n) is 13.4. The highest BCUT2D eigenvalue weighted by Crippen LogP contribution is 2.31. The predicted octanol–water partition coefficient (Wildman–Crippen LogP) is 4.02. The average Bonchev–Trinajstić information content (AvgIpc) is 2.47. The molecule has 1 aromatic heterocycles. The molecule has 0 radical (unpaired) electrons. The minimum Gasteiger partial charge on any atom is -0.496 e. The van der Waals surface area contributed by atoms with Crippen molar-refractivity contribution in [3.05, 3.63) is 35.7 Å². The third kappa shape index (κ3) is 3.51. The van der Waals surface area contributed by atoms with Gasteiger partial charge < -0.3 is 10.1 Å². The first-order chi connectivity index (χ1) is 10.0. The number of anilines is 1. The molecular formula is C17H23N3O. The average molecular weight is 285 g/mol. The highest BCUT2D eigenvalue weighted by atomic mass is 16.5. The Morgan fingerprint density at radius 1 is 1.19 bits per heavy atom. The number of benzene rings is 1. The summed E-state index contributed by atoms with van der Waals surface area (Å²) in [4.78, 5) is 9.27. The second-order valence-corrected chi connectivity index (χ2v) is 5.39. The van der Waals surface area contributed by atoms with Crippen molar-refractivity contribution in [3.63, 3.8) is 0 Å². The normalized spacial score (nSPS) is 10.8. The van der Waals surface area contributed by atoms with Gasteiger partial charge in [0.2, 0.25) is 0 Å². The van der Waals surface area contributed by atoms with Crippen molar-refractivity contribution >= 4 is 5.82 Å². The summed E-state index contributed by atoms with van der Waals surface area (Å²) in [7, 11) is 1.68. The van der Waals surface area contributed by atoms with E-state index in [0.29, 0.717) is 0 Å². The van der Waals surface area contributed by atoms with Gasteiger partial charge in [0.25, 0.3) is 0 Å². The highest BCUT2D eigenvalue weighted by molar-refractivity contribution is 5.70. The number of nitrogens with one attached hydrogen (secondary N) is 1. The van der Waals surface area contributed by atoms with Crippen LogP contribution in [0, 0.1) is 6.92 Å². The molecule has 0 fully saturated rings. The summed E-state index contributed by atoms with van der Waals surface area (Å²) in [5.41, 5.74) is 3.08. The van der Waals surface area contributed by atoms with Gasteiger partial charge in [-0.3, -0.25) is 0 Å². The molecule has 4 nitrogen and oxygen atoms in total. The molecule has 0 aliphatic rings. The Bertz CT molecular complexity index is 623. The van der Waals surface area contributed by atoms with E-state index in [1.54, 1.807) is 7.11 Å². The van der Waals surface area contributed by atoms with Gasteiger partial charge in [-0.15, -0.1) is 0 Å². The van der Waals surface area contributed by atoms with Crippen LogP contribution in [0.3, 0.4) is 0 Å². The maximum atomic E-state index is 5.47. The van der Waals surface area contributed by atoms with Crippen LogP contribution in [0.2, 0.25) is 0 Å². The van der Waals surface area contributed by atoms with Gasteiger partial charge in [-0.25, -0.2) is 9.97 Å². The Balaban J connectivity index is 2.59. The molecule has 4 heteroatoms. The molecule has 0 aliphatic carbocycles. The maximum absolute atomic E-state index is 5.47. The van der Waals surface area contributed by atoms with Crippen molar-refractivity contribution in [2.45, 2.75) is 33.6 Å². The number of aromatic nitrogens is 2. The van der Waals surface area contributed by atoms with Gasteiger partial charge in [-0.2, -0.15) is 0 Å². The lowest BCUT2D eigenvalue weighted by Gasteiger charge is -2.13. The van der Waals surface area contributed by atoms with Crippen LogP contribution in [0.5, 0.6) is 5.75 Å². The number of aryl methyl sites for hydroxylation is 1. The molecule has 112 valence electrons. The zero-order chi connectivity index (χ0) is 15.4. The van der Waals surface area contributed by atoms with E-state index in [0.717, 1.165) is 35.2 Å². The summed E-state index contributed by atoms with van der Waals surface area (Å²) in [6, 6.07) is 8.10. The summed E-state index contributed by atoms with van der Waals surface area (Å²) >= 11 is 0. The van der Waals surface area contributed by atoms with E-state index in [9.17, 15) is 0 Å². The molecule has 1 N–H and O–H groups in total. The zero-order valence-corrected chi connectivity index (χ0v) is 13.4. The number of rotatable bonds is 5. The molecule has 0 spiro atoms. The van der Waals surface area contributed by atoms with E-state index < -0.39 is 0 Å². The number of hydrogen-bond acceptors (Lipinski definition) is 4. The van der Waals surface area contributed by atoms with Gasteiger partial charge in [0.15, 0.2) is 0 Å². The number of nitrogens with zero attached hydrogens (tertiary/aromatic N) is 2. The van der Waals surface area contributed by atoms with Gasteiger partial charge in [-0.1, -0.05) is 25.5 Å². The lowest BCUT2D eigenvalue weighted by Crippen LogP contribution is -2.06. The fraction of sp³-hybridized carbons (Fsp3) is 0.412. The molecule has 0 aliphatic heterocycles. The molecule has 0 amide bonds. The smallest absolute Gasteiger partial charge is 0.133 e. The molecular weight excluding hydrogens is 262 g/mol. The topological polar surface area (TPSA) is 47.0 Å². The Hall–Kier alpha value is -2.10. The minimum absolute atomic E-state index is 0.276. The van der Waals surface area contributed by atoms with E-state index in [1.165, 1.54) is 5.56 Å². The summed E-state index contributed by atoms with van der Waals surface area (Å²) in [6.45, 7) is 9.16. The second-order valence-electron chi connectivity index (χ2n) is 5.39. The first kappa shape index (κ1) is 15.3. The van der Waals surface area contributed by atoms with E-state index in [1.807, 2.05) is 18.2 Å². The van der Waals surface area contributed by atoms with Crippen molar-refractivity contribution in [1.29, 1.82) is 0 Å². The summed E-state index contributed by atoms with van der Waals surface area (Å²) in [5.74, 6) is 2.80. The first-order valence-corrected chi connectivity index (χ1v) is 7.33. The van der Waals surface area contributed by atoms with Crippen LogP contribution in [0.4, 0.5) is 5.82 Å². The van der Waals surface area contributed by atoms with Crippen LogP contribution in [0.25, 0.3) is 11.3 Å². The van der Waals surface area contributed by atoms with Crippen molar-refractivity contribution in [3.8, 4) is 17.0 Å². The molecule has 0 saturated carbocycles. The van der Waals surface area contributed by atoms with Crippen molar-refractivity contribution in [2.75, 3.05) is 19.0 Å². The highest BCUT2D eigenvalue weighted by Gasteiger charge is 2.13. The summed E-state index contributed by atoms with van der Waals surface area (Å²) in [6.07, 6.45) is 0. The van der Waals surface area contributed by atoms with Gasteiger partial charge in [0.1, 0.15) is 17.4 Å². The Labute approximate surface area is 126 Å². The minimum atomic E-state index is 0.276. The molecule has 2 rings (SSSR count). The fourth-order valence-corrected chi connectivity index (χ4v) is 2.16. The van der Waals surface area contributed by atoms with E-state index >= 15 is 0 Å². The largest absolute Gasteiger partial charge is 0.496 e. The van der Waals surface area contributed by atoms with Crippen LogP contribution in [-0.4, -0.2) is 23.6 Å². The Morgan fingerprint density at radius 3 is 2.57 bits per heavy atom. The molecule has 0 saturated heterocycles. The maximum Gasteiger partial charge on any atom is 0.133 e. The van der Waals surface area contributed by atoms with Crippen LogP contribution in [0.1, 0.15) is 38.1 Å². The summed E-state index contributed by atoms with van der Waals surface area (Å²) < 4.78 is 5.47. The van der Waals surface area contributed by atoms with Crippen LogP contribution < -0.4 is 10.1 Å². The van der Waals surface area contributed by atoms with Gasteiger partial charge in [-0.05, 0) is 26.0 Å². The molecule has 1 aromatic carbocycles. The van der Waals surface area contributed by atoms with Crippen molar-refractivity contribution in [2.24, 2.45) is 0 Å². The molecule has 0 bridgehead atoms. The fourth-order valence-electron chi connectivity index (χ4n) is 2.16. The SMILES string of the molecule is CCNc1cc(-c2cc(C)ccc2OC)nc(C(C)C)n1. The Morgan fingerprint density at radius 2 is 1.95 bits per heavy atom. The van der Waals surface area contributed by atoms with Crippen LogP contribution in [0.15, 0.2) is 24.3 Å². The van der Waals surface area contributed by atoms with Gasteiger partial charge in [0.05, 0.1) is 12.8 Å². The molecule has 21 heavy (non-hydrogen) atoms. The van der Waals surface area contributed by atoms with Gasteiger partial charge >= 0.3 is 0 Å². The summed E-state index contributed by atoms with van der Waals surface area (Å²) in [5, 5.41) is 3.27.